The number of Topliss-reactive ketones (excluding diaryl/α,β-unsaturated/α-hetero) is 1. The van der Waals surface area contributed by atoms with E-state index in [4.69, 9.17) is 0 Å². The third kappa shape index (κ3) is 3.01. The lowest BCUT2D eigenvalue weighted by Crippen LogP contribution is -2.17. The van der Waals surface area contributed by atoms with Gasteiger partial charge in [0.05, 0.1) is 0 Å². The van der Waals surface area contributed by atoms with Crippen LogP contribution in [0.15, 0.2) is 24.3 Å². The van der Waals surface area contributed by atoms with E-state index in [2.05, 4.69) is 26.0 Å². The minimum Gasteiger partial charge on any atom is -0.294 e. The van der Waals surface area contributed by atoms with Gasteiger partial charge >= 0.3 is 0 Å². The van der Waals surface area contributed by atoms with Crippen molar-refractivity contribution in [1.82, 2.24) is 0 Å². The Labute approximate surface area is 111 Å². The molecule has 0 heterocycles. The van der Waals surface area contributed by atoms with E-state index in [0.717, 1.165) is 18.4 Å². The highest BCUT2D eigenvalue weighted by Gasteiger charge is 2.30. The number of carbonyl (C=O) groups excluding carboxylic acids is 1. The number of rotatable bonds is 5. The smallest absolute Gasteiger partial charge is 0.166 e. The van der Waals surface area contributed by atoms with Crippen molar-refractivity contribution < 1.29 is 4.79 Å². The molecule has 0 aromatic heterocycles. The highest BCUT2D eigenvalue weighted by Crippen LogP contribution is 2.33. The molecule has 1 nitrogen and oxygen atoms in total. The van der Waals surface area contributed by atoms with Crippen LogP contribution in [0, 0.1) is 11.8 Å². The van der Waals surface area contributed by atoms with Crippen molar-refractivity contribution in [1.29, 1.82) is 0 Å². The Kier molecular flexibility index (Phi) is 4.57. The summed E-state index contributed by atoms with van der Waals surface area (Å²) in [6.07, 6.45) is 7.09. The SMILES string of the molecule is CCCCc1ccc(C(=O)C2CCCC2C)cc1. The van der Waals surface area contributed by atoms with Crippen molar-refractivity contribution in [2.24, 2.45) is 11.8 Å². The summed E-state index contributed by atoms with van der Waals surface area (Å²) in [5, 5.41) is 0. The van der Waals surface area contributed by atoms with E-state index < -0.39 is 0 Å². The standard InChI is InChI=1S/C17H24O/c1-3-4-7-14-9-11-15(12-10-14)17(18)16-8-5-6-13(16)2/h9-13,16H,3-8H2,1-2H3. The van der Waals surface area contributed by atoms with Gasteiger partial charge in [-0.25, -0.2) is 0 Å². The fourth-order valence-electron chi connectivity index (χ4n) is 2.97. The number of unbranched alkanes of at least 4 members (excludes halogenated alkanes) is 1. The van der Waals surface area contributed by atoms with Crippen molar-refractivity contribution >= 4 is 5.78 Å². The minimum absolute atomic E-state index is 0.270. The van der Waals surface area contributed by atoms with E-state index >= 15 is 0 Å². The molecule has 1 aromatic rings. The molecule has 1 saturated carbocycles. The van der Waals surface area contributed by atoms with Crippen LogP contribution in [0.2, 0.25) is 0 Å². The van der Waals surface area contributed by atoms with Crippen LogP contribution in [-0.2, 0) is 6.42 Å². The Morgan fingerprint density at radius 2 is 1.94 bits per heavy atom. The average Bonchev–Trinajstić information content (AvgIpc) is 2.82. The maximum Gasteiger partial charge on any atom is 0.166 e. The van der Waals surface area contributed by atoms with Gasteiger partial charge in [-0.3, -0.25) is 4.79 Å². The highest BCUT2D eigenvalue weighted by molar-refractivity contribution is 5.98. The van der Waals surface area contributed by atoms with Gasteiger partial charge in [0, 0.05) is 11.5 Å². The van der Waals surface area contributed by atoms with Crippen LogP contribution in [0.1, 0.15) is 61.9 Å². The molecule has 0 saturated heterocycles. The van der Waals surface area contributed by atoms with Crippen LogP contribution < -0.4 is 0 Å². The molecule has 0 aliphatic heterocycles. The van der Waals surface area contributed by atoms with E-state index in [0.29, 0.717) is 11.7 Å². The molecule has 2 atom stereocenters. The Morgan fingerprint density at radius 3 is 2.50 bits per heavy atom. The normalized spacial score (nSPS) is 23.2. The molecule has 2 rings (SSSR count). The second-order valence-corrected chi connectivity index (χ2v) is 5.68. The molecule has 98 valence electrons. The largest absolute Gasteiger partial charge is 0.294 e. The minimum atomic E-state index is 0.270. The summed E-state index contributed by atoms with van der Waals surface area (Å²) < 4.78 is 0. The van der Waals surface area contributed by atoms with Gasteiger partial charge in [-0.05, 0) is 37.2 Å². The average molecular weight is 244 g/mol. The van der Waals surface area contributed by atoms with Gasteiger partial charge in [0.15, 0.2) is 5.78 Å². The third-order valence-corrected chi connectivity index (χ3v) is 4.26. The summed E-state index contributed by atoms with van der Waals surface area (Å²) in [6, 6.07) is 8.31. The number of hydrogen-bond acceptors (Lipinski definition) is 1. The van der Waals surface area contributed by atoms with Crippen molar-refractivity contribution in [3.05, 3.63) is 35.4 Å². The number of aryl methyl sites for hydroxylation is 1. The fourth-order valence-corrected chi connectivity index (χ4v) is 2.97. The Morgan fingerprint density at radius 1 is 1.22 bits per heavy atom. The van der Waals surface area contributed by atoms with Crippen molar-refractivity contribution in [3.8, 4) is 0 Å². The van der Waals surface area contributed by atoms with E-state index in [1.807, 2.05) is 12.1 Å². The molecule has 0 spiro atoms. The molecule has 1 fully saturated rings. The third-order valence-electron chi connectivity index (χ3n) is 4.26. The molecule has 1 aliphatic rings. The van der Waals surface area contributed by atoms with E-state index in [-0.39, 0.29) is 5.92 Å². The van der Waals surface area contributed by atoms with Gasteiger partial charge in [0.1, 0.15) is 0 Å². The lowest BCUT2D eigenvalue weighted by atomic mass is 9.89. The van der Waals surface area contributed by atoms with Gasteiger partial charge in [-0.2, -0.15) is 0 Å². The van der Waals surface area contributed by atoms with Crippen molar-refractivity contribution in [2.75, 3.05) is 0 Å². The second-order valence-electron chi connectivity index (χ2n) is 5.68. The number of benzene rings is 1. The topological polar surface area (TPSA) is 17.1 Å². The number of ketones is 1. The predicted molar refractivity (Wildman–Crippen MR) is 75.9 cm³/mol. The summed E-state index contributed by atoms with van der Waals surface area (Å²) in [6.45, 7) is 4.42. The Hall–Kier alpha value is -1.11. The summed E-state index contributed by atoms with van der Waals surface area (Å²) in [4.78, 5) is 12.4. The molecule has 0 amide bonds. The monoisotopic (exact) mass is 244 g/mol. The van der Waals surface area contributed by atoms with Gasteiger partial charge in [0.2, 0.25) is 0 Å². The first-order chi connectivity index (χ1) is 8.72. The molecule has 0 N–H and O–H groups in total. The highest BCUT2D eigenvalue weighted by atomic mass is 16.1. The Bertz CT molecular complexity index is 391. The molecule has 18 heavy (non-hydrogen) atoms. The maximum absolute atomic E-state index is 12.4. The van der Waals surface area contributed by atoms with Crippen LogP contribution >= 0.6 is 0 Å². The quantitative estimate of drug-likeness (QED) is 0.689. The van der Waals surface area contributed by atoms with Crippen LogP contribution in [0.4, 0.5) is 0 Å². The first kappa shape index (κ1) is 13.3. The van der Waals surface area contributed by atoms with E-state index in [1.54, 1.807) is 0 Å². The molecule has 0 bridgehead atoms. The van der Waals surface area contributed by atoms with Crippen LogP contribution in [0.25, 0.3) is 0 Å². The van der Waals surface area contributed by atoms with Crippen LogP contribution in [-0.4, -0.2) is 5.78 Å². The first-order valence-corrected chi connectivity index (χ1v) is 7.35. The maximum atomic E-state index is 12.4. The zero-order chi connectivity index (χ0) is 13.0. The van der Waals surface area contributed by atoms with Gasteiger partial charge in [-0.15, -0.1) is 0 Å². The summed E-state index contributed by atoms with van der Waals surface area (Å²) in [5.74, 6) is 1.20. The van der Waals surface area contributed by atoms with Crippen molar-refractivity contribution in [3.63, 3.8) is 0 Å². The fraction of sp³-hybridized carbons (Fsp3) is 0.588. The molecule has 2 unspecified atom stereocenters. The second kappa shape index (κ2) is 6.17. The molecular formula is C17H24O. The lowest BCUT2D eigenvalue weighted by molar-refractivity contribution is 0.0897. The van der Waals surface area contributed by atoms with E-state index in [9.17, 15) is 4.79 Å². The van der Waals surface area contributed by atoms with Gasteiger partial charge in [-0.1, -0.05) is 51.0 Å². The molecular weight excluding hydrogens is 220 g/mol. The zero-order valence-corrected chi connectivity index (χ0v) is 11.6. The number of hydrogen-bond donors (Lipinski definition) is 0. The summed E-state index contributed by atoms with van der Waals surface area (Å²) in [5.41, 5.74) is 2.27. The van der Waals surface area contributed by atoms with Gasteiger partial charge in [0.25, 0.3) is 0 Å². The Balaban J connectivity index is 2.02. The first-order valence-electron chi connectivity index (χ1n) is 7.35. The predicted octanol–water partition coefficient (Wildman–Crippen LogP) is 4.65. The van der Waals surface area contributed by atoms with Gasteiger partial charge < -0.3 is 0 Å². The molecule has 0 radical (unpaired) electrons. The van der Waals surface area contributed by atoms with Crippen molar-refractivity contribution in [2.45, 2.75) is 52.4 Å². The summed E-state index contributed by atoms with van der Waals surface area (Å²) in [7, 11) is 0. The molecule has 1 aromatic carbocycles. The van der Waals surface area contributed by atoms with Crippen LogP contribution in [0.5, 0.6) is 0 Å². The summed E-state index contributed by atoms with van der Waals surface area (Å²) >= 11 is 0. The number of carbonyl (C=O) groups is 1. The molecule has 1 heteroatoms. The van der Waals surface area contributed by atoms with Crippen LogP contribution in [0.3, 0.4) is 0 Å². The lowest BCUT2D eigenvalue weighted by Gasteiger charge is -2.14. The molecule has 1 aliphatic carbocycles. The van der Waals surface area contributed by atoms with E-state index in [1.165, 1.54) is 31.2 Å². The zero-order valence-electron chi connectivity index (χ0n) is 11.6.